The summed E-state index contributed by atoms with van der Waals surface area (Å²) in [6.45, 7) is 3.33. The molecule has 0 amide bonds. The number of nitrogens with zero attached hydrogens (tertiary/aromatic N) is 2. The van der Waals surface area contributed by atoms with Crippen molar-refractivity contribution in [3.63, 3.8) is 0 Å². The van der Waals surface area contributed by atoms with Gasteiger partial charge in [0.25, 0.3) is 0 Å². The molecule has 1 aliphatic rings. The average Bonchev–Trinajstić information content (AvgIpc) is 2.46. The molecule has 1 unspecified atom stereocenters. The first-order chi connectivity index (χ1) is 9.29. The van der Waals surface area contributed by atoms with Crippen molar-refractivity contribution in [3.8, 4) is 0 Å². The minimum Gasteiger partial charge on any atom is -0.341 e. The summed E-state index contributed by atoms with van der Waals surface area (Å²) >= 11 is 6.05. The number of hydrogen-bond acceptors (Lipinski definition) is 2. The molecule has 19 heavy (non-hydrogen) atoms. The van der Waals surface area contributed by atoms with Crippen LogP contribution in [-0.4, -0.2) is 11.5 Å². The second-order valence-corrected chi connectivity index (χ2v) is 5.45. The van der Waals surface area contributed by atoms with E-state index in [0.717, 1.165) is 18.5 Å². The molecule has 2 heterocycles. The van der Waals surface area contributed by atoms with E-state index in [1.54, 1.807) is 0 Å². The third-order valence-electron chi connectivity index (χ3n) is 3.66. The van der Waals surface area contributed by atoms with Crippen molar-refractivity contribution in [2.45, 2.75) is 19.2 Å². The molecule has 0 bridgehead atoms. The van der Waals surface area contributed by atoms with Crippen LogP contribution < -0.4 is 4.90 Å². The standard InChI is InChI=1S/C16H17ClN2/c1-12-8-13-4-2-3-5-15(13)19(11-12)16-6-7-18-10-14(16)9-17/h2-7,10,12H,8-9,11H2,1H3. The molecular formula is C16H17ClN2. The van der Waals surface area contributed by atoms with Crippen molar-refractivity contribution >= 4 is 23.0 Å². The summed E-state index contributed by atoms with van der Waals surface area (Å²) in [5.41, 5.74) is 4.99. The monoisotopic (exact) mass is 272 g/mol. The lowest BCUT2D eigenvalue weighted by molar-refractivity contribution is 0.562. The Hall–Kier alpha value is -1.54. The van der Waals surface area contributed by atoms with Crippen LogP contribution in [0.25, 0.3) is 0 Å². The zero-order valence-corrected chi connectivity index (χ0v) is 11.8. The van der Waals surface area contributed by atoms with Crippen LogP contribution in [-0.2, 0) is 12.3 Å². The van der Waals surface area contributed by atoms with Crippen LogP contribution in [0, 0.1) is 5.92 Å². The molecule has 3 rings (SSSR count). The van der Waals surface area contributed by atoms with Gasteiger partial charge in [-0.05, 0) is 30.0 Å². The van der Waals surface area contributed by atoms with Crippen molar-refractivity contribution in [1.29, 1.82) is 0 Å². The van der Waals surface area contributed by atoms with E-state index in [9.17, 15) is 0 Å². The molecule has 0 radical (unpaired) electrons. The maximum Gasteiger partial charge on any atom is 0.0510 e. The summed E-state index contributed by atoms with van der Waals surface area (Å²) in [5, 5.41) is 0. The fourth-order valence-corrected chi connectivity index (χ4v) is 3.02. The van der Waals surface area contributed by atoms with E-state index < -0.39 is 0 Å². The molecule has 1 aromatic carbocycles. The molecule has 0 spiro atoms. The summed E-state index contributed by atoms with van der Waals surface area (Å²) in [4.78, 5) is 6.55. The molecule has 0 aliphatic carbocycles. The minimum absolute atomic E-state index is 0.496. The van der Waals surface area contributed by atoms with E-state index in [-0.39, 0.29) is 0 Å². The molecule has 1 atom stereocenters. The second-order valence-electron chi connectivity index (χ2n) is 5.19. The zero-order chi connectivity index (χ0) is 13.2. The Morgan fingerprint density at radius 1 is 1.26 bits per heavy atom. The quantitative estimate of drug-likeness (QED) is 0.764. The van der Waals surface area contributed by atoms with Gasteiger partial charge in [-0.25, -0.2) is 0 Å². The van der Waals surface area contributed by atoms with Crippen LogP contribution >= 0.6 is 11.6 Å². The maximum atomic E-state index is 6.05. The van der Waals surface area contributed by atoms with Crippen molar-refractivity contribution in [3.05, 3.63) is 53.9 Å². The van der Waals surface area contributed by atoms with Crippen molar-refractivity contribution < 1.29 is 0 Å². The molecule has 3 heteroatoms. The van der Waals surface area contributed by atoms with Crippen LogP contribution in [0.3, 0.4) is 0 Å². The van der Waals surface area contributed by atoms with Crippen LogP contribution in [0.5, 0.6) is 0 Å². The first-order valence-electron chi connectivity index (χ1n) is 6.64. The number of pyridine rings is 1. The van der Waals surface area contributed by atoms with Gasteiger partial charge in [-0.1, -0.05) is 25.1 Å². The average molecular weight is 273 g/mol. The van der Waals surface area contributed by atoms with Crippen molar-refractivity contribution in [2.24, 2.45) is 5.92 Å². The molecule has 1 aliphatic heterocycles. The summed E-state index contributed by atoms with van der Waals surface area (Å²) in [6, 6.07) is 10.7. The number of para-hydroxylation sites is 1. The second kappa shape index (κ2) is 5.22. The Labute approximate surface area is 119 Å². The zero-order valence-electron chi connectivity index (χ0n) is 11.0. The van der Waals surface area contributed by atoms with E-state index in [0.29, 0.717) is 11.8 Å². The van der Waals surface area contributed by atoms with Crippen LogP contribution in [0.2, 0.25) is 0 Å². The van der Waals surface area contributed by atoms with Gasteiger partial charge in [0.1, 0.15) is 0 Å². The van der Waals surface area contributed by atoms with E-state index in [1.165, 1.54) is 16.9 Å². The topological polar surface area (TPSA) is 16.1 Å². The number of anilines is 2. The van der Waals surface area contributed by atoms with Gasteiger partial charge < -0.3 is 4.90 Å². The summed E-state index contributed by atoms with van der Waals surface area (Å²) in [5.74, 6) is 1.14. The highest BCUT2D eigenvalue weighted by Gasteiger charge is 2.23. The SMILES string of the molecule is CC1Cc2ccccc2N(c2ccncc2CCl)C1. The Kier molecular flexibility index (Phi) is 3.43. The number of rotatable bonds is 2. The molecule has 2 nitrogen and oxygen atoms in total. The van der Waals surface area contributed by atoms with E-state index in [2.05, 4.69) is 47.1 Å². The first kappa shape index (κ1) is 12.5. The maximum absolute atomic E-state index is 6.05. The highest BCUT2D eigenvalue weighted by atomic mass is 35.5. The third kappa shape index (κ3) is 2.33. The summed E-state index contributed by atoms with van der Waals surface area (Å²) in [7, 11) is 0. The highest BCUT2D eigenvalue weighted by Crippen LogP contribution is 2.36. The smallest absolute Gasteiger partial charge is 0.0510 e. The lowest BCUT2D eigenvalue weighted by Crippen LogP contribution is -2.31. The molecule has 1 aromatic heterocycles. The number of alkyl halides is 1. The molecule has 98 valence electrons. The van der Waals surface area contributed by atoms with Gasteiger partial charge in [0.15, 0.2) is 0 Å². The minimum atomic E-state index is 0.496. The number of hydrogen-bond donors (Lipinski definition) is 0. The van der Waals surface area contributed by atoms with Crippen LogP contribution in [0.1, 0.15) is 18.1 Å². The Balaban J connectivity index is 2.10. The summed E-state index contributed by atoms with van der Waals surface area (Å²) < 4.78 is 0. The Morgan fingerprint density at radius 2 is 2.11 bits per heavy atom. The highest BCUT2D eigenvalue weighted by molar-refractivity contribution is 6.17. The van der Waals surface area contributed by atoms with Crippen molar-refractivity contribution in [2.75, 3.05) is 11.4 Å². The number of halogens is 1. The van der Waals surface area contributed by atoms with Crippen molar-refractivity contribution in [1.82, 2.24) is 4.98 Å². The summed E-state index contributed by atoms with van der Waals surface area (Å²) in [6.07, 6.45) is 4.85. The molecule has 0 N–H and O–H groups in total. The Morgan fingerprint density at radius 3 is 2.95 bits per heavy atom. The first-order valence-corrected chi connectivity index (χ1v) is 7.17. The largest absolute Gasteiger partial charge is 0.341 e. The number of aromatic nitrogens is 1. The molecular weight excluding hydrogens is 256 g/mol. The Bertz CT molecular complexity index is 582. The van der Waals surface area contributed by atoms with Gasteiger partial charge in [-0.3, -0.25) is 4.98 Å². The van der Waals surface area contributed by atoms with Gasteiger partial charge in [-0.15, -0.1) is 11.6 Å². The van der Waals surface area contributed by atoms with Gasteiger partial charge in [0, 0.05) is 35.9 Å². The van der Waals surface area contributed by atoms with Crippen LogP contribution in [0.15, 0.2) is 42.7 Å². The lowest BCUT2D eigenvalue weighted by atomic mass is 9.93. The molecule has 0 fully saturated rings. The fraction of sp³-hybridized carbons (Fsp3) is 0.312. The van der Waals surface area contributed by atoms with E-state index in [4.69, 9.17) is 11.6 Å². The van der Waals surface area contributed by atoms with Crippen LogP contribution in [0.4, 0.5) is 11.4 Å². The van der Waals surface area contributed by atoms with Gasteiger partial charge in [-0.2, -0.15) is 0 Å². The predicted octanol–water partition coefficient (Wildman–Crippen LogP) is 4.15. The van der Waals surface area contributed by atoms with Gasteiger partial charge in [0.2, 0.25) is 0 Å². The molecule has 0 saturated carbocycles. The third-order valence-corrected chi connectivity index (χ3v) is 3.95. The number of benzene rings is 1. The molecule has 0 saturated heterocycles. The predicted molar refractivity (Wildman–Crippen MR) is 80.1 cm³/mol. The van der Waals surface area contributed by atoms with Gasteiger partial charge in [0.05, 0.1) is 5.88 Å². The van der Waals surface area contributed by atoms with E-state index in [1.807, 2.05) is 12.4 Å². The van der Waals surface area contributed by atoms with Gasteiger partial charge >= 0.3 is 0 Å². The lowest BCUT2D eigenvalue weighted by Gasteiger charge is -2.35. The molecule has 2 aromatic rings. The normalized spacial score (nSPS) is 18.2. The number of fused-ring (bicyclic) bond motifs is 1. The van der Waals surface area contributed by atoms with E-state index >= 15 is 0 Å². The fourth-order valence-electron chi connectivity index (χ4n) is 2.81.